The largest absolute Gasteiger partial charge is 0.346 e. The topological polar surface area (TPSA) is 142 Å². The number of hydrogen-bond donors (Lipinski definition) is 3. The zero-order valence-electron chi connectivity index (χ0n) is 20.2. The van der Waals surface area contributed by atoms with Crippen LogP contribution in [0.5, 0.6) is 0 Å². The van der Waals surface area contributed by atoms with Crippen molar-refractivity contribution in [3.05, 3.63) is 90.6 Å². The number of H-pyrrole nitrogens is 1. The van der Waals surface area contributed by atoms with Crippen LogP contribution in [0, 0.1) is 0 Å². The molecule has 1 saturated heterocycles. The Labute approximate surface area is 217 Å². The second kappa shape index (κ2) is 10.1. The van der Waals surface area contributed by atoms with Gasteiger partial charge < -0.3 is 20.5 Å². The van der Waals surface area contributed by atoms with Gasteiger partial charge in [-0.05, 0) is 48.9 Å². The zero-order chi connectivity index (χ0) is 25.9. The quantitative estimate of drug-likeness (QED) is 0.319. The number of carbonyl (C=O) groups excluding carboxylic acids is 2. The van der Waals surface area contributed by atoms with Gasteiger partial charge in [0.2, 0.25) is 5.95 Å². The number of likely N-dealkylation sites (tertiary alicyclic amines) is 1. The number of benzene rings is 1. The van der Waals surface area contributed by atoms with Crippen LogP contribution in [0.1, 0.15) is 27.4 Å². The van der Waals surface area contributed by atoms with Crippen molar-refractivity contribution < 1.29 is 9.59 Å². The van der Waals surface area contributed by atoms with Gasteiger partial charge in [0.1, 0.15) is 23.0 Å². The maximum atomic E-state index is 13.2. The number of aromatic nitrogens is 6. The molecule has 4 aromatic heterocycles. The first-order valence-electron chi connectivity index (χ1n) is 12.2. The van der Waals surface area contributed by atoms with Gasteiger partial charge in [-0.15, -0.1) is 0 Å². The van der Waals surface area contributed by atoms with E-state index in [-0.39, 0.29) is 35.2 Å². The van der Waals surface area contributed by atoms with Crippen LogP contribution >= 0.6 is 0 Å². The molecule has 0 bridgehead atoms. The van der Waals surface area contributed by atoms with E-state index in [1.165, 1.54) is 6.20 Å². The first-order chi connectivity index (χ1) is 18.6. The number of aromatic amines is 1. The summed E-state index contributed by atoms with van der Waals surface area (Å²) in [6.07, 6.45) is 5.38. The highest BCUT2D eigenvalue weighted by Crippen LogP contribution is 2.23. The lowest BCUT2D eigenvalue weighted by Gasteiger charge is -2.17. The summed E-state index contributed by atoms with van der Waals surface area (Å²) >= 11 is 0. The van der Waals surface area contributed by atoms with Gasteiger partial charge in [0, 0.05) is 43.3 Å². The fourth-order valence-electron chi connectivity index (χ4n) is 4.43. The van der Waals surface area contributed by atoms with Crippen molar-refractivity contribution in [3.63, 3.8) is 0 Å². The Balaban J connectivity index is 1.13. The summed E-state index contributed by atoms with van der Waals surface area (Å²) in [6.45, 7) is 0.861. The molecule has 1 aromatic carbocycles. The number of pyridine rings is 2. The van der Waals surface area contributed by atoms with E-state index in [1.54, 1.807) is 35.5 Å². The van der Waals surface area contributed by atoms with Crippen molar-refractivity contribution in [3.8, 4) is 11.4 Å². The molecule has 11 nitrogen and oxygen atoms in total. The number of hydrogen-bond acceptors (Lipinski definition) is 8. The number of anilines is 2. The summed E-state index contributed by atoms with van der Waals surface area (Å²) in [4.78, 5) is 52.9. The standard InChI is InChI=1S/C27H23N9O2/c37-25(23-18(6-5-13-29-23)24-32-19-7-1-2-8-20(19)33-24)31-17-11-15-36(16-17)26(38)21-10-14-30-27(34-21)35-22-9-3-4-12-28-22/h1-10,12-14,17H,11,15-16H2,(H,31,37)(H,32,33)(H,28,30,34,35). The average Bonchev–Trinajstić information content (AvgIpc) is 3.61. The van der Waals surface area contributed by atoms with Gasteiger partial charge in [0.05, 0.1) is 11.0 Å². The fourth-order valence-corrected chi connectivity index (χ4v) is 4.43. The molecular formula is C27H23N9O2. The Morgan fingerprint density at radius 3 is 2.63 bits per heavy atom. The molecule has 0 saturated carbocycles. The van der Waals surface area contributed by atoms with E-state index in [1.807, 2.05) is 42.5 Å². The van der Waals surface area contributed by atoms with E-state index in [0.29, 0.717) is 36.7 Å². The van der Waals surface area contributed by atoms with Gasteiger partial charge in [-0.1, -0.05) is 18.2 Å². The van der Waals surface area contributed by atoms with Crippen molar-refractivity contribution in [2.24, 2.45) is 0 Å². The maximum absolute atomic E-state index is 13.2. The van der Waals surface area contributed by atoms with Crippen molar-refractivity contribution in [1.82, 2.24) is 40.1 Å². The smallest absolute Gasteiger partial charge is 0.272 e. The highest BCUT2D eigenvalue weighted by molar-refractivity contribution is 5.99. The molecule has 38 heavy (non-hydrogen) atoms. The second-order valence-electron chi connectivity index (χ2n) is 8.82. The first-order valence-corrected chi connectivity index (χ1v) is 12.2. The Morgan fingerprint density at radius 2 is 1.76 bits per heavy atom. The van der Waals surface area contributed by atoms with Gasteiger partial charge in [0.25, 0.3) is 11.8 Å². The predicted molar refractivity (Wildman–Crippen MR) is 141 cm³/mol. The molecule has 0 aliphatic carbocycles. The minimum absolute atomic E-state index is 0.218. The SMILES string of the molecule is O=C(NC1CCN(C(=O)c2ccnc(Nc3ccccn3)n2)C1)c1ncccc1-c1nc2ccccc2[nH]1. The van der Waals surface area contributed by atoms with Gasteiger partial charge in [-0.25, -0.2) is 19.9 Å². The molecule has 1 atom stereocenters. The summed E-state index contributed by atoms with van der Waals surface area (Å²) in [6, 6.07) is 18.1. The minimum Gasteiger partial charge on any atom is -0.346 e. The van der Waals surface area contributed by atoms with Gasteiger partial charge in [0.15, 0.2) is 0 Å². The van der Waals surface area contributed by atoms with Gasteiger partial charge in [-0.2, -0.15) is 0 Å². The fraction of sp³-hybridized carbons (Fsp3) is 0.148. The number of nitrogens with one attached hydrogen (secondary N) is 3. The number of fused-ring (bicyclic) bond motifs is 1. The summed E-state index contributed by atoms with van der Waals surface area (Å²) in [5.41, 5.74) is 2.84. The lowest BCUT2D eigenvalue weighted by molar-refractivity contribution is 0.0777. The van der Waals surface area contributed by atoms with Crippen molar-refractivity contribution >= 4 is 34.6 Å². The molecule has 188 valence electrons. The summed E-state index contributed by atoms with van der Waals surface area (Å²) in [5, 5.41) is 6.02. The van der Waals surface area contributed by atoms with Crippen LogP contribution in [0.25, 0.3) is 22.4 Å². The number of para-hydroxylation sites is 2. The Hall–Kier alpha value is -5.19. The van der Waals surface area contributed by atoms with Crippen molar-refractivity contribution in [1.29, 1.82) is 0 Å². The third-order valence-corrected chi connectivity index (χ3v) is 6.26. The van der Waals surface area contributed by atoms with Crippen LogP contribution in [0.2, 0.25) is 0 Å². The van der Waals surface area contributed by atoms with Crippen LogP contribution in [0.3, 0.4) is 0 Å². The number of nitrogens with zero attached hydrogens (tertiary/aromatic N) is 6. The number of carbonyl (C=O) groups is 2. The molecule has 0 spiro atoms. The zero-order valence-corrected chi connectivity index (χ0v) is 20.2. The molecule has 5 heterocycles. The summed E-state index contributed by atoms with van der Waals surface area (Å²) in [5.74, 6) is 0.897. The van der Waals surface area contributed by atoms with E-state index >= 15 is 0 Å². The van der Waals surface area contributed by atoms with Crippen LogP contribution in [-0.2, 0) is 0 Å². The number of rotatable bonds is 6. The van der Waals surface area contributed by atoms with E-state index < -0.39 is 0 Å². The molecule has 11 heteroatoms. The molecular weight excluding hydrogens is 482 g/mol. The maximum Gasteiger partial charge on any atom is 0.272 e. The van der Waals surface area contributed by atoms with Crippen LogP contribution in [0.15, 0.2) is 79.3 Å². The molecule has 1 unspecified atom stereocenters. The number of amides is 2. The van der Waals surface area contributed by atoms with E-state index in [2.05, 4.69) is 40.5 Å². The molecule has 1 aliphatic rings. The van der Waals surface area contributed by atoms with Gasteiger partial charge >= 0.3 is 0 Å². The molecule has 3 N–H and O–H groups in total. The molecule has 1 fully saturated rings. The third-order valence-electron chi connectivity index (χ3n) is 6.26. The molecule has 6 rings (SSSR count). The molecule has 2 amide bonds. The lowest BCUT2D eigenvalue weighted by Crippen LogP contribution is -2.39. The van der Waals surface area contributed by atoms with Crippen LogP contribution in [0.4, 0.5) is 11.8 Å². The minimum atomic E-state index is -0.316. The predicted octanol–water partition coefficient (Wildman–Crippen LogP) is 3.20. The van der Waals surface area contributed by atoms with Crippen LogP contribution in [-0.4, -0.2) is 65.7 Å². The van der Waals surface area contributed by atoms with Gasteiger partial charge in [-0.3, -0.25) is 14.6 Å². The molecule has 1 aliphatic heterocycles. The lowest BCUT2D eigenvalue weighted by atomic mass is 10.1. The first kappa shape index (κ1) is 23.2. The second-order valence-corrected chi connectivity index (χ2v) is 8.82. The summed E-state index contributed by atoms with van der Waals surface area (Å²) in [7, 11) is 0. The van der Waals surface area contributed by atoms with E-state index in [9.17, 15) is 9.59 Å². The molecule has 0 radical (unpaired) electrons. The highest BCUT2D eigenvalue weighted by Gasteiger charge is 2.30. The Bertz CT molecular complexity index is 1590. The van der Waals surface area contributed by atoms with Crippen LogP contribution < -0.4 is 10.6 Å². The third kappa shape index (κ3) is 4.76. The average molecular weight is 506 g/mol. The van der Waals surface area contributed by atoms with E-state index in [4.69, 9.17) is 0 Å². The monoisotopic (exact) mass is 505 g/mol. The number of imidazole rings is 1. The molecule has 5 aromatic rings. The Kier molecular flexibility index (Phi) is 6.14. The Morgan fingerprint density at radius 1 is 0.895 bits per heavy atom. The van der Waals surface area contributed by atoms with Crippen molar-refractivity contribution in [2.45, 2.75) is 12.5 Å². The van der Waals surface area contributed by atoms with E-state index in [0.717, 1.165) is 11.0 Å². The van der Waals surface area contributed by atoms with Crippen molar-refractivity contribution in [2.75, 3.05) is 18.4 Å². The normalized spacial score (nSPS) is 14.9. The summed E-state index contributed by atoms with van der Waals surface area (Å²) < 4.78 is 0. The highest BCUT2D eigenvalue weighted by atomic mass is 16.2.